The molecule has 0 saturated heterocycles. The molecule has 0 bridgehead atoms. The summed E-state index contributed by atoms with van der Waals surface area (Å²) in [6.45, 7) is 4.82. The van der Waals surface area contributed by atoms with Crippen LogP contribution >= 0.6 is 0 Å². The van der Waals surface area contributed by atoms with Gasteiger partial charge in [0.25, 0.3) is 0 Å². The summed E-state index contributed by atoms with van der Waals surface area (Å²) in [5, 5.41) is 0. The molecule has 0 radical (unpaired) electrons. The Kier molecular flexibility index (Phi) is 3.20. The van der Waals surface area contributed by atoms with Gasteiger partial charge in [0.05, 0.1) is 6.20 Å². The van der Waals surface area contributed by atoms with Gasteiger partial charge in [-0.25, -0.2) is 0 Å². The number of nitrogens with zero attached hydrogens (tertiary/aromatic N) is 1. The Hall–Kier alpha value is -1.83. The molecule has 0 saturated carbocycles. The van der Waals surface area contributed by atoms with Crippen LogP contribution in [0.2, 0.25) is 0 Å². The lowest BCUT2D eigenvalue weighted by atomic mass is 10.1. The number of aryl methyl sites for hydroxylation is 2. The molecule has 0 fully saturated rings. The largest absolute Gasteiger partial charge is 0.487 e. The Morgan fingerprint density at radius 2 is 2.00 bits per heavy atom. The molecule has 0 unspecified atom stereocenters. The van der Waals surface area contributed by atoms with Crippen LogP contribution in [0.15, 0.2) is 42.7 Å². The summed E-state index contributed by atoms with van der Waals surface area (Å²) in [4.78, 5) is 4.00. The van der Waals surface area contributed by atoms with Gasteiger partial charge >= 0.3 is 0 Å². The summed E-state index contributed by atoms with van der Waals surface area (Å²) in [5.41, 5.74) is 3.80. The van der Waals surface area contributed by atoms with Gasteiger partial charge in [0, 0.05) is 6.20 Å². The molecule has 0 spiro atoms. The van der Waals surface area contributed by atoms with Crippen molar-refractivity contribution in [3.8, 4) is 5.75 Å². The Morgan fingerprint density at radius 1 is 1.12 bits per heavy atom. The molecular formula is C14H15NO. The van der Waals surface area contributed by atoms with Crippen molar-refractivity contribution in [2.45, 2.75) is 20.5 Å². The van der Waals surface area contributed by atoms with Crippen molar-refractivity contribution in [3.05, 3.63) is 59.4 Å². The second-order valence-electron chi connectivity index (χ2n) is 3.90. The van der Waals surface area contributed by atoms with E-state index in [2.05, 4.69) is 37.0 Å². The molecule has 0 atom stereocenters. The molecule has 0 amide bonds. The fourth-order valence-electron chi connectivity index (χ4n) is 1.49. The van der Waals surface area contributed by atoms with E-state index in [0.717, 1.165) is 5.75 Å². The Morgan fingerprint density at radius 3 is 2.69 bits per heavy atom. The van der Waals surface area contributed by atoms with Crippen LogP contribution in [0.4, 0.5) is 0 Å². The molecule has 2 nitrogen and oxygen atoms in total. The van der Waals surface area contributed by atoms with Crippen molar-refractivity contribution in [2.24, 2.45) is 0 Å². The third kappa shape index (κ3) is 2.60. The van der Waals surface area contributed by atoms with Crippen molar-refractivity contribution < 1.29 is 4.74 Å². The van der Waals surface area contributed by atoms with Crippen LogP contribution < -0.4 is 4.74 Å². The second-order valence-corrected chi connectivity index (χ2v) is 3.90. The summed E-state index contributed by atoms with van der Waals surface area (Å²) < 4.78 is 5.62. The maximum atomic E-state index is 5.62. The molecule has 1 aromatic carbocycles. The summed E-state index contributed by atoms with van der Waals surface area (Å²) in [6.07, 6.45) is 3.46. The summed E-state index contributed by atoms with van der Waals surface area (Å²) >= 11 is 0. The fraction of sp³-hybridized carbons (Fsp3) is 0.214. The van der Waals surface area contributed by atoms with E-state index >= 15 is 0 Å². The van der Waals surface area contributed by atoms with Crippen LogP contribution in [-0.4, -0.2) is 4.98 Å². The topological polar surface area (TPSA) is 22.1 Å². The SMILES string of the molecule is Cc1ccc(COc2cccnc2)cc1C. The molecular weight excluding hydrogens is 198 g/mol. The predicted molar refractivity (Wildman–Crippen MR) is 64.5 cm³/mol. The quantitative estimate of drug-likeness (QED) is 0.780. The standard InChI is InChI=1S/C14H15NO/c1-11-5-6-13(8-12(11)2)10-16-14-4-3-7-15-9-14/h3-9H,10H2,1-2H3. The number of pyridine rings is 1. The summed E-state index contributed by atoms with van der Waals surface area (Å²) in [5.74, 6) is 0.806. The smallest absolute Gasteiger partial charge is 0.138 e. The van der Waals surface area contributed by atoms with Crippen molar-refractivity contribution in [1.29, 1.82) is 0 Å². The highest BCUT2D eigenvalue weighted by Crippen LogP contribution is 2.13. The number of rotatable bonds is 3. The number of ether oxygens (including phenoxy) is 1. The van der Waals surface area contributed by atoms with E-state index in [-0.39, 0.29) is 0 Å². The molecule has 0 aliphatic rings. The van der Waals surface area contributed by atoms with Gasteiger partial charge in [-0.05, 0) is 42.7 Å². The average molecular weight is 213 g/mol. The molecule has 82 valence electrons. The van der Waals surface area contributed by atoms with Gasteiger partial charge in [-0.2, -0.15) is 0 Å². The number of hydrogen-bond donors (Lipinski definition) is 0. The lowest BCUT2D eigenvalue weighted by molar-refractivity contribution is 0.305. The molecule has 0 N–H and O–H groups in total. The van der Waals surface area contributed by atoms with E-state index in [1.54, 1.807) is 12.4 Å². The van der Waals surface area contributed by atoms with Crippen LogP contribution in [0.3, 0.4) is 0 Å². The predicted octanol–water partition coefficient (Wildman–Crippen LogP) is 3.28. The highest BCUT2D eigenvalue weighted by atomic mass is 16.5. The van der Waals surface area contributed by atoms with E-state index in [9.17, 15) is 0 Å². The zero-order chi connectivity index (χ0) is 11.4. The first kappa shape index (κ1) is 10.7. The molecule has 1 aromatic heterocycles. The van der Waals surface area contributed by atoms with E-state index in [4.69, 9.17) is 4.74 Å². The van der Waals surface area contributed by atoms with Gasteiger partial charge in [0.15, 0.2) is 0 Å². The van der Waals surface area contributed by atoms with Crippen LogP contribution in [0, 0.1) is 13.8 Å². The van der Waals surface area contributed by atoms with Crippen molar-refractivity contribution in [1.82, 2.24) is 4.98 Å². The number of aromatic nitrogens is 1. The first-order chi connectivity index (χ1) is 7.75. The van der Waals surface area contributed by atoms with E-state index in [1.807, 2.05) is 12.1 Å². The van der Waals surface area contributed by atoms with Crippen LogP contribution in [0.1, 0.15) is 16.7 Å². The third-order valence-electron chi connectivity index (χ3n) is 2.61. The maximum Gasteiger partial charge on any atom is 0.138 e. The molecule has 1 heterocycles. The van der Waals surface area contributed by atoms with Gasteiger partial charge < -0.3 is 4.74 Å². The fourth-order valence-corrected chi connectivity index (χ4v) is 1.49. The van der Waals surface area contributed by atoms with Crippen molar-refractivity contribution in [3.63, 3.8) is 0 Å². The first-order valence-corrected chi connectivity index (χ1v) is 5.34. The zero-order valence-corrected chi connectivity index (χ0v) is 9.60. The first-order valence-electron chi connectivity index (χ1n) is 5.34. The van der Waals surface area contributed by atoms with Gasteiger partial charge in [0.1, 0.15) is 12.4 Å². The lowest BCUT2D eigenvalue weighted by Gasteiger charge is -2.07. The van der Waals surface area contributed by atoms with Crippen LogP contribution in [0.25, 0.3) is 0 Å². The van der Waals surface area contributed by atoms with Crippen molar-refractivity contribution in [2.75, 3.05) is 0 Å². The second kappa shape index (κ2) is 4.79. The Bertz CT molecular complexity index is 465. The van der Waals surface area contributed by atoms with E-state index in [1.165, 1.54) is 16.7 Å². The van der Waals surface area contributed by atoms with E-state index < -0.39 is 0 Å². The summed E-state index contributed by atoms with van der Waals surface area (Å²) in [7, 11) is 0. The molecule has 2 rings (SSSR count). The van der Waals surface area contributed by atoms with Crippen molar-refractivity contribution >= 4 is 0 Å². The number of hydrogen-bond acceptors (Lipinski definition) is 2. The number of benzene rings is 1. The van der Waals surface area contributed by atoms with Crippen LogP contribution in [0.5, 0.6) is 5.75 Å². The monoisotopic (exact) mass is 213 g/mol. The minimum atomic E-state index is 0.590. The highest BCUT2D eigenvalue weighted by molar-refractivity contribution is 5.30. The molecule has 0 aliphatic carbocycles. The van der Waals surface area contributed by atoms with Gasteiger partial charge in [-0.3, -0.25) is 4.98 Å². The van der Waals surface area contributed by atoms with Gasteiger partial charge in [-0.1, -0.05) is 18.2 Å². The third-order valence-corrected chi connectivity index (χ3v) is 2.61. The van der Waals surface area contributed by atoms with Gasteiger partial charge in [-0.15, -0.1) is 0 Å². The maximum absolute atomic E-state index is 5.62. The van der Waals surface area contributed by atoms with Crippen LogP contribution in [-0.2, 0) is 6.61 Å². The summed E-state index contributed by atoms with van der Waals surface area (Å²) in [6, 6.07) is 10.2. The Balaban J connectivity index is 2.03. The molecule has 0 aliphatic heterocycles. The van der Waals surface area contributed by atoms with Gasteiger partial charge in [0.2, 0.25) is 0 Å². The zero-order valence-electron chi connectivity index (χ0n) is 9.60. The minimum absolute atomic E-state index is 0.590. The average Bonchev–Trinajstić information content (AvgIpc) is 2.32. The lowest BCUT2D eigenvalue weighted by Crippen LogP contribution is -1.96. The highest BCUT2D eigenvalue weighted by Gasteiger charge is 1.98. The molecule has 2 heteroatoms. The Labute approximate surface area is 95.9 Å². The molecule has 16 heavy (non-hydrogen) atoms. The van der Waals surface area contributed by atoms with E-state index in [0.29, 0.717) is 6.61 Å². The molecule has 2 aromatic rings. The normalized spacial score (nSPS) is 10.1. The minimum Gasteiger partial charge on any atom is -0.487 e.